The van der Waals surface area contributed by atoms with Gasteiger partial charge in [-0.3, -0.25) is 19.2 Å². The van der Waals surface area contributed by atoms with E-state index in [4.69, 9.17) is 37.9 Å². The summed E-state index contributed by atoms with van der Waals surface area (Å²) >= 11 is 0. The minimum Gasteiger partial charge on any atom is -0.465 e. The molecule has 0 amide bonds. The highest BCUT2D eigenvalue weighted by Crippen LogP contribution is 2.37. The van der Waals surface area contributed by atoms with Gasteiger partial charge in [-0.15, -0.1) is 0 Å². The molecule has 0 radical (unpaired) electrons. The van der Waals surface area contributed by atoms with Crippen molar-refractivity contribution in [3.05, 3.63) is 48.0 Å². The van der Waals surface area contributed by atoms with Crippen LogP contribution in [0.1, 0.15) is 38.5 Å². The topological polar surface area (TPSA) is 142 Å². The number of hydrogen-bond donors (Lipinski definition) is 0. The lowest BCUT2D eigenvalue weighted by molar-refractivity contribution is -0.360. The van der Waals surface area contributed by atoms with Gasteiger partial charge in [-0.2, -0.15) is 0 Å². The van der Waals surface area contributed by atoms with Crippen LogP contribution in [0.4, 0.5) is 0 Å². The van der Waals surface area contributed by atoms with Crippen molar-refractivity contribution in [3.8, 4) is 0 Å². The van der Waals surface area contributed by atoms with Crippen LogP contribution in [0.3, 0.4) is 0 Å². The van der Waals surface area contributed by atoms with Crippen molar-refractivity contribution in [1.82, 2.24) is 0 Å². The highest BCUT2D eigenvalue weighted by atomic mass is 16.8. The molecule has 4 rings (SSSR count). The smallest absolute Gasteiger partial charge is 0.321 e. The Kier molecular flexibility index (Phi) is 10.3. The van der Waals surface area contributed by atoms with Gasteiger partial charge in [0.2, 0.25) is 0 Å². The molecule has 2 fully saturated rings. The Hall–Kier alpha value is -3.32. The maximum Gasteiger partial charge on any atom is 0.321 e. The van der Waals surface area contributed by atoms with E-state index in [-0.39, 0.29) is 32.7 Å². The van der Waals surface area contributed by atoms with Crippen molar-refractivity contribution in [2.24, 2.45) is 11.8 Å². The van der Waals surface area contributed by atoms with Crippen LogP contribution in [0.5, 0.6) is 0 Å². The van der Waals surface area contributed by atoms with Crippen LogP contribution in [-0.2, 0) is 57.1 Å². The first-order valence-corrected chi connectivity index (χ1v) is 13.3. The normalized spacial score (nSPS) is 32.7. The lowest BCUT2D eigenvalue weighted by atomic mass is 9.95. The van der Waals surface area contributed by atoms with Gasteiger partial charge in [0.25, 0.3) is 0 Å². The third-order valence-corrected chi connectivity index (χ3v) is 6.71. The Morgan fingerprint density at radius 1 is 0.825 bits per heavy atom. The third kappa shape index (κ3) is 6.69. The number of allylic oxidation sites excluding steroid dienone is 2. The van der Waals surface area contributed by atoms with E-state index in [9.17, 15) is 19.2 Å². The molecular weight excluding hydrogens is 528 g/mol. The summed E-state index contributed by atoms with van der Waals surface area (Å²) in [6.45, 7) is 3.41. The summed E-state index contributed by atoms with van der Waals surface area (Å²) in [6.07, 6.45) is -3.54. The molecule has 0 saturated carbocycles. The van der Waals surface area contributed by atoms with Crippen molar-refractivity contribution in [3.63, 3.8) is 0 Å². The summed E-state index contributed by atoms with van der Waals surface area (Å²) in [5, 5.41) is 0. The van der Waals surface area contributed by atoms with E-state index in [0.29, 0.717) is 5.56 Å². The van der Waals surface area contributed by atoms with E-state index in [1.165, 1.54) is 19.3 Å². The zero-order valence-corrected chi connectivity index (χ0v) is 22.6. The molecule has 1 aromatic rings. The molecule has 8 atom stereocenters. The van der Waals surface area contributed by atoms with Gasteiger partial charge in [-0.05, 0) is 26.7 Å². The van der Waals surface area contributed by atoms with E-state index in [2.05, 4.69) is 0 Å². The maximum absolute atomic E-state index is 13.4. The monoisotopic (exact) mass is 562 g/mol. The van der Waals surface area contributed by atoms with E-state index in [0.717, 1.165) is 0 Å². The van der Waals surface area contributed by atoms with Crippen molar-refractivity contribution >= 4 is 23.9 Å². The van der Waals surface area contributed by atoms with E-state index in [1.54, 1.807) is 13.8 Å². The van der Waals surface area contributed by atoms with Crippen molar-refractivity contribution in [1.29, 1.82) is 0 Å². The van der Waals surface area contributed by atoms with Gasteiger partial charge in [0.05, 0.1) is 19.8 Å². The maximum atomic E-state index is 13.4. The molecule has 40 heavy (non-hydrogen) atoms. The summed E-state index contributed by atoms with van der Waals surface area (Å²) in [7, 11) is 1.33. The van der Waals surface area contributed by atoms with Crippen molar-refractivity contribution in [2.75, 3.05) is 26.9 Å². The van der Waals surface area contributed by atoms with E-state index >= 15 is 0 Å². The van der Waals surface area contributed by atoms with Crippen LogP contribution < -0.4 is 0 Å². The minimum atomic E-state index is -1.35. The number of esters is 4. The largest absolute Gasteiger partial charge is 0.465 e. The minimum absolute atomic E-state index is 0.0499. The first kappa shape index (κ1) is 29.7. The molecular formula is C28H34O12. The molecule has 0 bridgehead atoms. The lowest BCUT2D eigenvalue weighted by Crippen LogP contribution is -2.64. The lowest BCUT2D eigenvalue weighted by Gasteiger charge is -2.48. The summed E-state index contributed by atoms with van der Waals surface area (Å²) < 4.78 is 45.4. The summed E-state index contributed by atoms with van der Waals surface area (Å²) in [5.41, 5.74) is 0.708. The molecule has 3 heterocycles. The Balaban J connectivity index is 1.71. The Labute approximate surface area is 231 Å². The number of benzene rings is 1. The predicted molar refractivity (Wildman–Crippen MR) is 134 cm³/mol. The molecule has 12 nitrogen and oxygen atoms in total. The number of methoxy groups -OCH3 is 1. The molecule has 2 saturated heterocycles. The van der Waals surface area contributed by atoms with Crippen LogP contribution in [0.15, 0.2) is 42.5 Å². The second kappa shape index (κ2) is 13.8. The predicted octanol–water partition coefficient (Wildman–Crippen LogP) is 2.00. The van der Waals surface area contributed by atoms with Gasteiger partial charge in [0.15, 0.2) is 36.6 Å². The fourth-order valence-corrected chi connectivity index (χ4v) is 4.74. The molecule has 3 aliphatic rings. The van der Waals surface area contributed by atoms with Gasteiger partial charge in [0.1, 0.15) is 12.2 Å². The molecule has 0 aliphatic carbocycles. The fraction of sp³-hybridized carbons (Fsp3) is 0.571. The van der Waals surface area contributed by atoms with Crippen LogP contribution in [-0.4, -0.2) is 81.5 Å². The summed E-state index contributed by atoms with van der Waals surface area (Å²) in [4.78, 5) is 52.1. The molecule has 0 aromatic heterocycles. The molecule has 218 valence electrons. The number of carbonyl (C=O) groups is 4. The molecule has 0 spiro atoms. The first-order valence-electron chi connectivity index (χ1n) is 13.3. The van der Waals surface area contributed by atoms with Crippen LogP contribution in [0, 0.1) is 11.8 Å². The van der Waals surface area contributed by atoms with E-state index < -0.39 is 72.7 Å². The highest BCUT2D eigenvalue weighted by molar-refractivity contribution is 5.96. The average molecular weight is 563 g/mol. The average Bonchev–Trinajstić information content (AvgIpc) is 2.95. The molecule has 0 N–H and O–H groups in total. The van der Waals surface area contributed by atoms with Crippen molar-refractivity contribution < 1.29 is 57.1 Å². The number of carbonyl (C=O) groups excluding carboxylic acids is 4. The number of ether oxygens (including phenoxy) is 8. The van der Waals surface area contributed by atoms with E-state index in [1.807, 2.05) is 30.3 Å². The fourth-order valence-electron chi connectivity index (χ4n) is 4.74. The second-order valence-corrected chi connectivity index (χ2v) is 9.31. The highest BCUT2D eigenvalue weighted by Gasteiger charge is 2.55. The number of fused-ring (bicyclic) bond motifs is 3. The van der Waals surface area contributed by atoms with Gasteiger partial charge in [-0.1, -0.05) is 42.5 Å². The molecule has 3 aliphatic heterocycles. The van der Waals surface area contributed by atoms with Crippen LogP contribution >= 0.6 is 0 Å². The number of hydrogen-bond acceptors (Lipinski definition) is 12. The Morgan fingerprint density at radius 2 is 1.40 bits per heavy atom. The second-order valence-electron chi connectivity index (χ2n) is 9.31. The van der Waals surface area contributed by atoms with Gasteiger partial charge in [0, 0.05) is 12.7 Å². The quantitative estimate of drug-likeness (QED) is 0.217. The first-order chi connectivity index (χ1) is 19.4. The molecule has 1 unspecified atom stereocenters. The van der Waals surface area contributed by atoms with Crippen LogP contribution in [0.25, 0.3) is 0 Å². The van der Waals surface area contributed by atoms with Gasteiger partial charge < -0.3 is 37.9 Å². The Bertz CT molecular complexity index is 1070. The number of rotatable bonds is 6. The summed E-state index contributed by atoms with van der Waals surface area (Å²) in [5.74, 6) is -5.96. The molecule has 12 heteroatoms. The third-order valence-electron chi connectivity index (χ3n) is 6.71. The molecule has 1 aromatic carbocycles. The van der Waals surface area contributed by atoms with Crippen LogP contribution in [0.2, 0.25) is 0 Å². The summed E-state index contributed by atoms with van der Waals surface area (Å²) in [6, 6.07) is 9.10. The van der Waals surface area contributed by atoms with Gasteiger partial charge in [-0.25, -0.2) is 0 Å². The van der Waals surface area contributed by atoms with Crippen molar-refractivity contribution in [2.45, 2.75) is 63.7 Å². The Morgan fingerprint density at radius 3 is 1.95 bits per heavy atom. The zero-order chi connectivity index (χ0) is 28.6. The standard InChI is InChI=1S/C28H34O12/c1-4-34-23(29)17-13-9-10-14-18(24(30)35-5-2)26(32)39-22-21(38-25(17)31)20-19(37-28(22)33-3)15-36-27(40-20)16-11-7-6-8-12-16/h6-12,17-22,27-28H,4-5,13-15H2,1-3H3/t17-,18-,19-,20-,21+,22-,27?,28+/m1/s1. The SMILES string of the molecule is CCOC(=O)[C@H]1CC=CC[C@H](C(=O)OCC)C(=O)O[C@H]2[C@@H](OC)O[C@@H]3COC(c4ccccc4)O[C@H]3[C@@H]2OC1=O. The zero-order valence-electron chi connectivity index (χ0n) is 22.6. The van der Waals surface area contributed by atoms with Gasteiger partial charge >= 0.3 is 23.9 Å².